The van der Waals surface area contributed by atoms with Gasteiger partial charge >= 0.3 is 6.18 Å². The minimum atomic E-state index is -4.41. The molecular formula is C28H35ClF4N4O4. The zero-order chi connectivity index (χ0) is 29.0. The highest BCUT2D eigenvalue weighted by Gasteiger charge is 2.34. The van der Waals surface area contributed by atoms with Gasteiger partial charge in [0, 0.05) is 24.9 Å². The Morgan fingerprint density at radius 1 is 1.10 bits per heavy atom. The van der Waals surface area contributed by atoms with Crippen LogP contribution >= 0.6 is 11.6 Å². The van der Waals surface area contributed by atoms with E-state index in [1.807, 2.05) is 0 Å². The summed E-state index contributed by atoms with van der Waals surface area (Å²) < 4.78 is 72.4. The molecule has 1 aromatic heterocycles. The Kier molecular flexibility index (Phi) is 9.42. The SMILES string of the molecule is O=c1c(Cl)c(NC[C@]2(F)CCCOC2)cnn1C1CCC(N(C[C@H]2COCCO2)c2ccc(C(F)(F)F)cc2)CC1. The Hall–Kier alpha value is -2.41. The van der Waals surface area contributed by atoms with E-state index in [2.05, 4.69) is 15.3 Å². The van der Waals surface area contributed by atoms with Crippen molar-refractivity contribution in [3.8, 4) is 0 Å². The van der Waals surface area contributed by atoms with Crippen molar-refractivity contribution in [1.82, 2.24) is 9.78 Å². The summed E-state index contributed by atoms with van der Waals surface area (Å²) in [6.45, 7) is 2.39. The molecule has 1 saturated carbocycles. The van der Waals surface area contributed by atoms with Crippen LogP contribution < -0.4 is 15.8 Å². The molecule has 3 heterocycles. The smallest absolute Gasteiger partial charge is 0.379 e. The molecule has 0 spiro atoms. The summed E-state index contributed by atoms with van der Waals surface area (Å²) in [6, 6.07) is 5.03. The maximum absolute atomic E-state index is 14.9. The summed E-state index contributed by atoms with van der Waals surface area (Å²) in [7, 11) is 0. The van der Waals surface area contributed by atoms with Crippen LogP contribution in [0.15, 0.2) is 35.3 Å². The minimum absolute atomic E-state index is 0.00522. The minimum Gasteiger partial charge on any atom is -0.379 e. The van der Waals surface area contributed by atoms with E-state index in [1.165, 1.54) is 23.0 Å². The van der Waals surface area contributed by atoms with Crippen LogP contribution in [0, 0.1) is 0 Å². The molecule has 1 aliphatic carbocycles. The molecule has 2 aliphatic heterocycles. The van der Waals surface area contributed by atoms with E-state index in [4.69, 9.17) is 25.8 Å². The number of anilines is 2. The molecule has 226 valence electrons. The number of nitrogens with zero attached hydrogens (tertiary/aromatic N) is 3. The molecule has 41 heavy (non-hydrogen) atoms. The molecule has 2 aromatic rings. The first-order valence-corrected chi connectivity index (χ1v) is 14.4. The van der Waals surface area contributed by atoms with Gasteiger partial charge in [0.05, 0.1) is 62.6 Å². The molecule has 8 nitrogen and oxygen atoms in total. The van der Waals surface area contributed by atoms with Crippen molar-refractivity contribution < 1.29 is 31.8 Å². The summed E-state index contributed by atoms with van der Waals surface area (Å²) in [4.78, 5) is 15.2. The van der Waals surface area contributed by atoms with Crippen molar-refractivity contribution >= 4 is 23.0 Å². The van der Waals surface area contributed by atoms with E-state index in [0.717, 1.165) is 12.1 Å². The van der Waals surface area contributed by atoms with Crippen LogP contribution in [0.25, 0.3) is 0 Å². The van der Waals surface area contributed by atoms with E-state index in [0.29, 0.717) is 77.2 Å². The van der Waals surface area contributed by atoms with Crippen LogP contribution in [-0.2, 0) is 20.4 Å². The van der Waals surface area contributed by atoms with Gasteiger partial charge in [0.25, 0.3) is 5.56 Å². The average Bonchev–Trinajstić information content (AvgIpc) is 2.97. The van der Waals surface area contributed by atoms with Crippen LogP contribution in [0.3, 0.4) is 0 Å². The second-order valence-electron chi connectivity index (χ2n) is 11.0. The Morgan fingerprint density at radius 2 is 1.85 bits per heavy atom. The third-order valence-corrected chi connectivity index (χ3v) is 8.44. The van der Waals surface area contributed by atoms with Gasteiger partial charge in [-0.2, -0.15) is 18.3 Å². The lowest BCUT2D eigenvalue weighted by atomic mass is 9.89. The molecule has 1 N–H and O–H groups in total. The fourth-order valence-electron chi connectivity index (χ4n) is 5.82. The maximum atomic E-state index is 14.9. The summed E-state index contributed by atoms with van der Waals surface area (Å²) in [6.07, 6.45) is 0.487. The molecule has 3 aliphatic rings. The summed E-state index contributed by atoms with van der Waals surface area (Å²) in [5.74, 6) is 0. The highest BCUT2D eigenvalue weighted by atomic mass is 35.5. The molecule has 0 amide bonds. The van der Waals surface area contributed by atoms with Gasteiger partial charge in [-0.25, -0.2) is 9.07 Å². The topological polar surface area (TPSA) is 77.9 Å². The molecule has 0 unspecified atom stereocenters. The number of benzene rings is 1. The molecule has 3 fully saturated rings. The van der Waals surface area contributed by atoms with Crippen molar-refractivity contribution in [2.75, 3.05) is 56.3 Å². The average molecular weight is 603 g/mol. The van der Waals surface area contributed by atoms with Crippen LogP contribution in [-0.4, -0.2) is 73.7 Å². The van der Waals surface area contributed by atoms with Crippen molar-refractivity contribution in [3.05, 3.63) is 51.4 Å². The lowest BCUT2D eigenvalue weighted by Gasteiger charge is -2.40. The third-order valence-electron chi connectivity index (χ3n) is 8.08. The van der Waals surface area contributed by atoms with Crippen LogP contribution in [0.5, 0.6) is 0 Å². The van der Waals surface area contributed by atoms with Gasteiger partial charge < -0.3 is 24.4 Å². The molecule has 0 radical (unpaired) electrons. The van der Waals surface area contributed by atoms with Gasteiger partial charge in [0.1, 0.15) is 5.02 Å². The first-order chi connectivity index (χ1) is 19.6. The molecule has 1 aromatic carbocycles. The Labute approximate surface area is 240 Å². The number of hydrogen-bond acceptors (Lipinski definition) is 7. The summed E-state index contributed by atoms with van der Waals surface area (Å²) in [5.41, 5.74) is -1.70. The molecule has 2 atom stereocenters. The Balaban J connectivity index is 1.26. The van der Waals surface area contributed by atoms with Gasteiger partial charge in [0.15, 0.2) is 5.67 Å². The first-order valence-electron chi connectivity index (χ1n) is 14.0. The zero-order valence-corrected chi connectivity index (χ0v) is 23.4. The second kappa shape index (κ2) is 12.8. The largest absolute Gasteiger partial charge is 0.416 e. The molecule has 0 bridgehead atoms. The van der Waals surface area contributed by atoms with E-state index >= 15 is 0 Å². The first kappa shape index (κ1) is 30.1. The standard InChI is InChI=1S/C28H35ClF4N4O4/c29-25-24(34-17-27(30)10-1-11-40-18-27)14-35-37(26(25)38)22-8-6-21(7-9-22)36(15-23-16-39-12-13-41-23)20-4-2-19(3-5-20)28(31,32)33/h2-5,14,21-23,34H,1,6-13,15-18H2/t21?,22?,23-,27+/m0/s1. The predicted molar refractivity (Wildman–Crippen MR) is 147 cm³/mol. The zero-order valence-electron chi connectivity index (χ0n) is 22.7. The van der Waals surface area contributed by atoms with E-state index in [1.54, 1.807) is 0 Å². The Morgan fingerprint density at radius 3 is 2.49 bits per heavy atom. The van der Waals surface area contributed by atoms with Crippen molar-refractivity contribution in [2.45, 2.75) is 68.6 Å². The van der Waals surface area contributed by atoms with Gasteiger partial charge in [-0.3, -0.25) is 4.79 Å². The number of halogens is 5. The normalized spacial score (nSPS) is 27.4. The quantitative estimate of drug-likeness (QED) is 0.414. The van der Waals surface area contributed by atoms with Crippen molar-refractivity contribution in [3.63, 3.8) is 0 Å². The fourth-order valence-corrected chi connectivity index (χ4v) is 6.02. The predicted octanol–water partition coefficient (Wildman–Crippen LogP) is 5.25. The number of hydrogen-bond donors (Lipinski definition) is 1. The van der Waals surface area contributed by atoms with Gasteiger partial charge in [0.2, 0.25) is 0 Å². The summed E-state index contributed by atoms with van der Waals surface area (Å²) >= 11 is 6.39. The van der Waals surface area contributed by atoms with Crippen molar-refractivity contribution in [2.24, 2.45) is 0 Å². The van der Waals surface area contributed by atoms with Crippen LogP contribution in [0.2, 0.25) is 5.02 Å². The van der Waals surface area contributed by atoms with Crippen LogP contribution in [0.1, 0.15) is 50.1 Å². The highest BCUT2D eigenvalue weighted by Crippen LogP contribution is 2.35. The molecule has 2 saturated heterocycles. The number of aromatic nitrogens is 2. The highest BCUT2D eigenvalue weighted by molar-refractivity contribution is 6.32. The summed E-state index contributed by atoms with van der Waals surface area (Å²) in [5, 5.41) is 7.24. The number of ether oxygens (including phenoxy) is 3. The third kappa shape index (κ3) is 7.33. The molecular weight excluding hydrogens is 568 g/mol. The van der Waals surface area contributed by atoms with E-state index in [9.17, 15) is 22.4 Å². The Bertz CT molecular complexity index is 1210. The molecule has 13 heteroatoms. The van der Waals surface area contributed by atoms with Gasteiger partial charge in [-0.15, -0.1) is 0 Å². The number of rotatable bonds is 8. The van der Waals surface area contributed by atoms with Crippen molar-refractivity contribution in [1.29, 1.82) is 0 Å². The lowest BCUT2D eigenvalue weighted by molar-refractivity contribution is -0.137. The van der Waals surface area contributed by atoms with E-state index < -0.39 is 23.0 Å². The van der Waals surface area contributed by atoms with Gasteiger partial charge in [-0.1, -0.05) is 11.6 Å². The maximum Gasteiger partial charge on any atom is 0.416 e. The van der Waals surface area contributed by atoms with Crippen LogP contribution in [0.4, 0.5) is 28.9 Å². The monoisotopic (exact) mass is 602 g/mol. The number of alkyl halides is 4. The second-order valence-corrected chi connectivity index (χ2v) is 11.4. The fraction of sp³-hybridized carbons (Fsp3) is 0.643. The van der Waals surface area contributed by atoms with Gasteiger partial charge in [-0.05, 0) is 62.8 Å². The lowest BCUT2D eigenvalue weighted by Crippen LogP contribution is -2.46. The number of nitrogens with one attached hydrogen (secondary N) is 1. The van der Waals surface area contributed by atoms with E-state index in [-0.39, 0.29) is 42.0 Å². The molecule has 5 rings (SSSR count).